The van der Waals surface area contributed by atoms with Crippen LogP contribution in [0.15, 0.2) is 42.5 Å². The molecule has 4 nitrogen and oxygen atoms in total. The maximum absolute atomic E-state index is 12.0. The Balaban J connectivity index is 2.81. The fraction of sp³-hybridized carbons (Fsp3) is 0.435. The molecule has 1 unspecified atom stereocenters. The molecule has 0 aliphatic rings. The van der Waals surface area contributed by atoms with E-state index in [1.165, 1.54) is 6.92 Å². The quantitative estimate of drug-likeness (QED) is 0.569. The number of amides is 1. The van der Waals surface area contributed by atoms with Gasteiger partial charge in [-0.2, -0.15) is 0 Å². The van der Waals surface area contributed by atoms with Crippen LogP contribution in [0, 0.1) is 0 Å². The number of hydroxylamine groups is 2. The van der Waals surface area contributed by atoms with Crippen LogP contribution in [0.25, 0.3) is 0 Å². The lowest BCUT2D eigenvalue weighted by molar-refractivity contribution is -0.170. The van der Waals surface area contributed by atoms with Crippen LogP contribution in [0.1, 0.15) is 76.8 Å². The van der Waals surface area contributed by atoms with Crippen LogP contribution < -0.4 is 0 Å². The van der Waals surface area contributed by atoms with Crippen molar-refractivity contribution in [2.24, 2.45) is 0 Å². The summed E-state index contributed by atoms with van der Waals surface area (Å²) in [7, 11) is 0. The summed E-state index contributed by atoms with van der Waals surface area (Å²) in [6.07, 6.45) is 0. The van der Waals surface area contributed by atoms with Gasteiger partial charge in [0.2, 0.25) is 5.91 Å². The first-order chi connectivity index (χ1) is 12.3. The molecule has 0 saturated heterocycles. The lowest BCUT2D eigenvalue weighted by atomic mass is 9.77. The molecule has 0 aliphatic carbocycles. The molecule has 2 aromatic carbocycles. The largest absolute Gasteiger partial charge is 0.507 e. The second kappa shape index (κ2) is 7.35. The molecule has 0 aliphatic heterocycles. The minimum Gasteiger partial charge on any atom is -0.507 e. The monoisotopic (exact) mass is 369 g/mol. The van der Waals surface area contributed by atoms with Gasteiger partial charge in [0.05, 0.1) is 0 Å². The summed E-state index contributed by atoms with van der Waals surface area (Å²) in [5.74, 6) is -0.163. The zero-order chi connectivity index (χ0) is 20.6. The minimum absolute atomic E-state index is 0.276. The maximum atomic E-state index is 12.0. The van der Waals surface area contributed by atoms with Crippen molar-refractivity contribution in [3.8, 4) is 5.75 Å². The van der Waals surface area contributed by atoms with E-state index in [0.717, 1.165) is 27.3 Å². The first kappa shape index (κ1) is 21.0. The van der Waals surface area contributed by atoms with E-state index in [0.29, 0.717) is 0 Å². The van der Waals surface area contributed by atoms with E-state index in [9.17, 15) is 15.1 Å². The number of phenols is 1. The molecule has 2 aromatic rings. The van der Waals surface area contributed by atoms with Crippen molar-refractivity contribution in [1.82, 2.24) is 5.06 Å². The second-order valence-corrected chi connectivity index (χ2v) is 9.14. The molecule has 1 atom stereocenters. The number of carbonyl (C=O) groups is 1. The Morgan fingerprint density at radius 3 is 1.70 bits per heavy atom. The SMILES string of the molecule is CC(=O)N(O)C(c1ccccc1)c1cc(C(C)(C)C)c(O)c(C(C)(C)C)c1. The van der Waals surface area contributed by atoms with E-state index in [2.05, 4.69) is 0 Å². The highest BCUT2D eigenvalue weighted by atomic mass is 16.5. The van der Waals surface area contributed by atoms with Gasteiger partial charge in [-0.1, -0.05) is 71.9 Å². The fourth-order valence-electron chi connectivity index (χ4n) is 3.25. The molecular weight excluding hydrogens is 338 g/mol. The van der Waals surface area contributed by atoms with E-state index in [-0.39, 0.29) is 16.6 Å². The van der Waals surface area contributed by atoms with Crippen molar-refractivity contribution < 1.29 is 15.1 Å². The number of nitrogens with zero attached hydrogens (tertiary/aromatic N) is 1. The summed E-state index contributed by atoms with van der Waals surface area (Å²) in [4.78, 5) is 12.0. The van der Waals surface area contributed by atoms with Gasteiger partial charge in [-0.05, 0) is 45.2 Å². The molecule has 2 rings (SSSR count). The third-order valence-electron chi connectivity index (χ3n) is 4.75. The van der Waals surface area contributed by atoms with Gasteiger partial charge in [-0.3, -0.25) is 10.0 Å². The third-order valence-corrected chi connectivity index (χ3v) is 4.75. The second-order valence-electron chi connectivity index (χ2n) is 9.14. The van der Waals surface area contributed by atoms with Crippen LogP contribution >= 0.6 is 0 Å². The standard InChI is InChI=1S/C23H31NO3/c1-15(25)24(27)20(16-11-9-8-10-12-16)17-13-18(22(2,3)4)21(26)19(14-17)23(5,6)7/h8-14,20,26-27H,1-7H3. The molecule has 0 saturated carbocycles. The Bertz CT molecular complexity index is 779. The zero-order valence-corrected chi connectivity index (χ0v) is 17.4. The van der Waals surface area contributed by atoms with Crippen molar-refractivity contribution in [3.05, 3.63) is 64.7 Å². The first-order valence-electron chi connectivity index (χ1n) is 9.25. The van der Waals surface area contributed by atoms with Gasteiger partial charge in [0, 0.05) is 6.92 Å². The van der Waals surface area contributed by atoms with Crippen molar-refractivity contribution in [3.63, 3.8) is 0 Å². The predicted octanol–water partition coefficient (Wildman–Crippen LogP) is 5.31. The normalized spacial score (nSPS) is 13.3. The predicted molar refractivity (Wildman–Crippen MR) is 108 cm³/mol. The molecule has 2 N–H and O–H groups in total. The van der Waals surface area contributed by atoms with E-state index in [1.54, 1.807) is 0 Å². The Hall–Kier alpha value is -2.33. The molecule has 0 aromatic heterocycles. The van der Waals surface area contributed by atoms with Gasteiger partial charge in [-0.15, -0.1) is 0 Å². The molecule has 0 fully saturated rings. The molecule has 4 heteroatoms. The van der Waals surface area contributed by atoms with Gasteiger partial charge in [0.25, 0.3) is 0 Å². The number of carbonyl (C=O) groups excluding carboxylic acids is 1. The van der Waals surface area contributed by atoms with E-state index >= 15 is 0 Å². The van der Waals surface area contributed by atoms with Crippen LogP contribution in [-0.4, -0.2) is 21.3 Å². The van der Waals surface area contributed by atoms with Crippen LogP contribution in [0.3, 0.4) is 0 Å². The van der Waals surface area contributed by atoms with Crippen molar-refractivity contribution >= 4 is 5.91 Å². The number of hydrogen-bond donors (Lipinski definition) is 2. The van der Waals surface area contributed by atoms with Gasteiger partial charge >= 0.3 is 0 Å². The minimum atomic E-state index is -0.647. The van der Waals surface area contributed by atoms with Gasteiger partial charge in [-0.25, -0.2) is 5.06 Å². The van der Waals surface area contributed by atoms with E-state index in [4.69, 9.17) is 0 Å². The fourth-order valence-corrected chi connectivity index (χ4v) is 3.25. The third kappa shape index (κ3) is 4.51. The summed E-state index contributed by atoms with van der Waals surface area (Å²) >= 11 is 0. The van der Waals surface area contributed by atoms with E-state index in [1.807, 2.05) is 84.0 Å². The Morgan fingerprint density at radius 2 is 1.33 bits per heavy atom. The molecule has 146 valence electrons. The lowest BCUT2D eigenvalue weighted by Gasteiger charge is -2.32. The molecule has 0 radical (unpaired) electrons. The topological polar surface area (TPSA) is 60.8 Å². The average Bonchev–Trinajstić information content (AvgIpc) is 2.55. The maximum Gasteiger partial charge on any atom is 0.243 e. The van der Waals surface area contributed by atoms with Gasteiger partial charge < -0.3 is 5.11 Å². The van der Waals surface area contributed by atoms with Crippen LogP contribution in [0.4, 0.5) is 0 Å². The Labute approximate surface area is 162 Å². The number of phenolic OH excluding ortho intramolecular Hbond substituents is 1. The van der Waals surface area contributed by atoms with Gasteiger partial charge in [0.1, 0.15) is 11.8 Å². The van der Waals surface area contributed by atoms with Crippen LogP contribution in [0.5, 0.6) is 5.75 Å². The van der Waals surface area contributed by atoms with Crippen molar-refractivity contribution in [2.75, 3.05) is 0 Å². The van der Waals surface area contributed by atoms with Gasteiger partial charge in [0.15, 0.2) is 0 Å². The van der Waals surface area contributed by atoms with Crippen LogP contribution in [0.2, 0.25) is 0 Å². The summed E-state index contributed by atoms with van der Waals surface area (Å²) in [6.45, 7) is 13.6. The molecule has 0 spiro atoms. The Kier molecular flexibility index (Phi) is 5.71. The number of rotatable bonds is 3. The molecule has 1 amide bonds. The average molecular weight is 370 g/mol. The Morgan fingerprint density at radius 1 is 0.889 bits per heavy atom. The highest BCUT2D eigenvalue weighted by molar-refractivity contribution is 5.73. The van der Waals surface area contributed by atoms with Crippen molar-refractivity contribution in [2.45, 2.75) is 65.3 Å². The lowest BCUT2D eigenvalue weighted by Crippen LogP contribution is -2.31. The zero-order valence-electron chi connectivity index (χ0n) is 17.4. The molecule has 27 heavy (non-hydrogen) atoms. The summed E-state index contributed by atoms with van der Waals surface area (Å²) in [5.41, 5.74) is 2.58. The molecule has 0 heterocycles. The smallest absolute Gasteiger partial charge is 0.243 e. The highest BCUT2D eigenvalue weighted by Crippen LogP contribution is 2.42. The highest BCUT2D eigenvalue weighted by Gasteiger charge is 2.31. The summed E-state index contributed by atoms with van der Waals surface area (Å²) < 4.78 is 0. The number of hydrogen-bond acceptors (Lipinski definition) is 3. The number of benzene rings is 2. The summed E-state index contributed by atoms with van der Waals surface area (Å²) in [5, 5.41) is 22.3. The van der Waals surface area contributed by atoms with Crippen molar-refractivity contribution in [1.29, 1.82) is 0 Å². The first-order valence-corrected chi connectivity index (χ1v) is 9.25. The van der Waals surface area contributed by atoms with E-state index < -0.39 is 11.9 Å². The van der Waals surface area contributed by atoms with Crippen LogP contribution in [-0.2, 0) is 15.6 Å². The molecular formula is C23H31NO3. The molecule has 0 bridgehead atoms. The summed E-state index contributed by atoms with van der Waals surface area (Å²) in [6, 6.07) is 12.6. The number of aromatic hydroxyl groups is 1.